The Balaban J connectivity index is 1.78. The summed E-state index contributed by atoms with van der Waals surface area (Å²) in [6.07, 6.45) is -0.334. The highest BCUT2D eigenvalue weighted by Gasteiger charge is 2.17. The summed E-state index contributed by atoms with van der Waals surface area (Å²) < 4.78 is 44.2. The molecule has 0 bridgehead atoms. The van der Waals surface area contributed by atoms with E-state index in [9.17, 15) is 22.4 Å². The molecule has 7 nitrogen and oxygen atoms in total. The molecule has 0 spiro atoms. The first-order valence-electron chi connectivity index (χ1n) is 7.94. The zero-order chi connectivity index (χ0) is 21.6. The Hall–Kier alpha value is -1.91. The lowest BCUT2D eigenvalue weighted by Gasteiger charge is -2.09. The van der Waals surface area contributed by atoms with Gasteiger partial charge in [-0.2, -0.15) is 0 Å². The topological polar surface area (TPSA) is 102 Å². The number of anilines is 1. The number of benzene rings is 2. The van der Waals surface area contributed by atoms with E-state index < -0.39 is 34.3 Å². The molecule has 2 aromatic carbocycles. The Morgan fingerprint density at radius 3 is 2.48 bits per heavy atom. The van der Waals surface area contributed by atoms with E-state index in [0.717, 1.165) is 18.2 Å². The second kappa shape index (κ2) is 10.2. The number of halogens is 4. The van der Waals surface area contributed by atoms with Crippen molar-refractivity contribution in [3.8, 4) is 0 Å². The summed E-state index contributed by atoms with van der Waals surface area (Å²) in [5.41, 5.74) is 0.255. The molecule has 29 heavy (non-hydrogen) atoms. The van der Waals surface area contributed by atoms with Crippen molar-refractivity contribution in [2.24, 2.45) is 0 Å². The quantitative estimate of drug-likeness (QED) is 0.558. The highest BCUT2D eigenvalue weighted by atomic mass is 35.5. The molecule has 0 aromatic heterocycles. The van der Waals surface area contributed by atoms with Crippen LogP contribution in [0.1, 0.15) is 6.42 Å². The second-order valence-corrected chi connectivity index (χ2v) is 8.49. The smallest absolute Gasteiger partial charge is 0.307 e. The van der Waals surface area contributed by atoms with Gasteiger partial charge in [0.25, 0.3) is 5.91 Å². The average Bonchev–Trinajstić information content (AvgIpc) is 2.66. The van der Waals surface area contributed by atoms with Crippen LogP contribution in [0.25, 0.3) is 0 Å². The van der Waals surface area contributed by atoms with Gasteiger partial charge in [-0.25, -0.2) is 17.5 Å². The predicted octanol–water partition coefficient (Wildman–Crippen LogP) is 3.64. The molecule has 0 aliphatic carbocycles. The van der Waals surface area contributed by atoms with Crippen molar-refractivity contribution in [1.82, 2.24) is 4.72 Å². The van der Waals surface area contributed by atoms with Crippen LogP contribution in [0.15, 0.2) is 41.3 Å². The molecule has 2 N–H and O–H groups in total. The van der Waals surface area contributed by atoms with E-state index in [1.54, 1.807) is 12.1 Å². The van der Waals surface area contributed by atoms with Crippen LogP contribution in [0, 0.1) is 5.82 Å². The van der Waals surface area contributed by atoms with Gasteiger partial charge in [0.2, 0.25) is 10.0 Å². The Morgan fingerprint density at radius 1 is 1.07 bits per heavy atom. The third-order valence-corrected chi connectivity index (χ3v) is 5.98. The lowest BCUT2D eigenvalue weighted by atomic mass is 10.3. The summed E-state index contributed by atoms with van der Waals surface area (Å²) in [5, 5.41) is 2.47. The molecule has 0 aliphatic rings. The van der Waals surface area contributed by atoms with Crippen LogP contribution in [0.5, 0.6) is 0 Å². The van der Waals surface area contributed by atoms with E-state index in [2.05, 4.69) is 10.0 Å². The van der Waals surface area contributed by atoms with Crippen LogP contribution < -0.4 is 10.0 Å². The Bertz CT molecular complexity index is 1030. The van der Waals surface area contributed by atoms with Crippen LogP contribution in [-0.4, -0.2) is 33.4 Å². The lowest BCUT2D eigenvalue weighted by molar-refractivity contribution is -0.147. The first-order valence-corrected chi connectivity index (χ1v) is 10.6. The van der Waals surface area contributed by atoms with Crippen molar-refractivity contribution in [3.05, 3.63) is 57.3 Å². The predicted molar refractivity (Wildman–Crippen MR) is 107 cm³/mol. The van der Waals surface area contributed by atoms with Crippen LogP contribution in [0.3, 0.4) is 0 Å². The average molecular weight is 484 g/mol. The number of esters is 1. The van der Waals surface area contributed by atoms with Crippen molar-refractivity contribution in [3.63, 3.8) is 0 Å². The van der Waals surface area contributed by atoms with E-state index in [0.29, 0.717) is 0 Å². The minimum atomic E-state index is -3.99. The van der Waals surface area contributed by atoms with E-state index in [1.807, 2.05) is 0 Å². The van der Waals surface area contributed by atoms with Gasteiger partial charge >= 0.3 is 5.97 Å². The van der Waals surface area contributed by atoms with Gasteiger partial charge in [0.1, 0.15) is 5.82 Å². The third kappa shape index (κ3) is 6.83. The molecule has 0 aliphatic heterocycles. The number of carbonyl (C=O) groups excluding carboxylic acids is 2. The number of ether oxygens (including phenoxy) is 1. The first kappa shape index (κ1) is 23.4. The highest BCUT2D eigenvalue weighted by molar-refractivity contribution is 7.89. The summed E-state index contributed by atoms with van der Waals surface area (Å²) in [6, 6.07) is 7.53. The second-order valence-electron chi connectivity index (χ2n) is 5.53. The van der Waals surface area contributed by atoms with Gasteiger partial charge in [0.05, 0.1) is 32.1 Å². The van der Waals surface area contributed by atoms with Crippen molar-refractivity contribution in [2.75, 3.05) is 18.5 Å². The van der Waals surface area contributed by atoms with Gasteiger partial charge in [-0.05, 0) is 30.3 Å². The zero-order valence-electron chi connectivity index (χ0n) is 14.5. The van der Waals surface area contributed by atoms with E-state index in [1.165, 1.54) is 6.07 Å². The van der Waals surface area contributed by atoms with Gasteiger partial charge < -0.3 is 10.1 Å². The standard InChI is InChI=1S/C17H14Cl3FN2O5S/c18-11-2-1-3-14(17(11)20)23-15(24)9-28-16(25)6-7-22-29(26,27)10-4-5-13(21)12(19)8-10/h1-5,8,22H,6-7,9H2,(H,23,24). The molecule has 0 heterocycles. The summed E-state index contributed by atoms with van der Waals surface area (Å²) >= 11 is 17.3. The van der Waals surface area contributed by atoms with E-state index >= 15 is 0 Å². The fourth-order valence-corrected chi connectivity index (χ4v) is 3.67. The molecule has 0 atom stereocenters. The Morgan fingerprint density at radius 2 is 1.79 bits per heavy atom. The number of rotatable bonds is 8. The Labute approximate surface area is 181 Å². The molecule has 0 radical (unpaired) electrons. The summed E-state index contributed by atoms with van der Waals surface area (Å²) in [7, 11) is -3.99. The molecular formula is C17H14Cl3FN2O5S. The normalized spacial score (nSPS) is 11.2. The minimum Gasteiger partial charge on any atom is -0.456 e. The monoisotopic (exact) mass is 482 g/mol. The van der Waals surface area contributed by atoms with Gasteiger partial charge in [0.15, 0.2) is 6.61 Å². The number of carbonyl (C=O) groups is 2. The van der Waals surface area contributed by atoms with Crippen molar-refractivity contribution in [1.29, 1.82) is 0 Å². The lowest BCUT2D eigenvalue weighted by Crippen LogP contribution is -2.28. The highest BCUT2D eigenvalue weighted by Crippen LogP contribution is 2.29. The molecular weight excluding hydrogens is 470 g/mol. The van der Waals surface area contributed by atoms with Crippen molar-refractivity contribution < 1.29 is 27.1 Å². The number of sulfonamides is 1. The molecule has 2 aromatic rings. The third-order valence-electron chi connectivity index (χ3n) is 3.41. The van der Waals surface area contributed by atoms with Crippen LogP contribution in [0.2, 0.25) is 15.1 Å². The van der Waals surface area contributed by atoms with Gasteiger partial charge in [-0.1, -0.05) is 40.9 Å². The number of hydrogen-bond donors (Lipinski definition) is 2. The molecule has 156 valence electrons. The van der Waals surface area contributed by atoms with Gasteiger partial charge in [0, 0.05) is 6.54 Å². The van der Waals surface area contributed by atoms with E-state index in [-0.39, 0.29) is 38.6 Å². The number of amides is 1. The van der Waals surface area contributed by atoms with Crippen molar-refractivity contribution in [2.45, 2.75) is 11.3 Å². The zero-order valence-corrected chi connectivity index (χ0v) is 17.6. The maximum atomic E-state index is 13.1. The molecule has 12 heteroatoms. The van der Waals surface area contributed by atoms with Crippen LogP contribution >= 0.6 is 34.8 Å². The number of nitrogens with one attached hydrogen (secondary N) is 2. The fourth-order valence-electron chi connectivity index (χ4n) is 2.02. The minimum absolute atomic E-state index is 0.143. The molecule has 0 saturated carbocycles. The largest absolute Gasteiger partial charge is 0.456 e. The maximum Gasteiger partial charge on any atom is 0.307 e. The van der Waals surface area contributed by atoms with Gasteiger partial charge in [-0.3, -0.25) is 9.59 Å². The summed E-state index contributed by atoms with van der Waals surface area (Å²) in [4.78, 5) is 23.2. The van der Waals surface area contributed by atoms with Gasteiger partial charge in [-0.15, -0.1) is 0 Å². The number of hydrogen-bond acceptors (Lipinski definition) is 5. The van der Waals surface area contributed by atoms with E-state index in [4.69, 9.17) is 39.5 Å². The van der Waals surface area contributed by atoms with Crippen molar-refractivity contribution >= 4 is 62.4 Å². The molecule has 0 saturated heterocycles. The molecule has 0 unspecified atom stereocenters. The molecule has 2 rings (SSSR count). The fraction of sp³-hybridized carbons (Fsp3) is 0.176. The maximum absolute atomic E-state index is 13.1. The summed E-state index contributed by atoms with van der Waals surface area (Å²) in [6.45, 7) is -0.889. The Kier molecular flexibility index (Phi) is 8.23. The summed E-state index contributed by atoms with van der Waals surface area (Å²) in [5.74, 6) is -2.22. The first-order chi connectivity index (χ1) is 13.6. The molecule has 0 fully saturated rings. The SMILES string of the molecule is O=C(COC(=O)CCNS(=O)(=O)c1ccc(F)c(Cl)c1)Nc1cccc(Cl)c1Cl. The molecule has 1 amide bonds. The van der Waals surface area contributed by atoms with Crippen LogP contribution in [-0.2, 0) is 24.3 Å². The van der Waals surface area contributed by atoms with Crippen LogP contribution in [0.4, 0.5) is 10.1 Å².